The van der Waals surface area contributed by atoms with Crippen molar-refractivity contribution in [3.05, 3.63) is 40.3 Å². The van der Waals surface area contributed by atoms with Gasteiger partial charge in [-0.2, -0.15) is 0 Å². The molecular formula is C16H20BrN3O3. The average molecular weight is 382 g/mol. The summed E-state index contributed by atoms with van der Waals surface area (Å²) in [7, 11) is 0. The summed E-state index contributed by atoms with van der Waals surface area (Å²) in [5.41, 5.74) is 1.11. The Labute approximate surface area is 143 Å². The molecule has 23 heavy (non-hydrogen) atoms. The number of amides is 1. The lowest BCUT2D eigenvalue weighted by Gasteiger charge is -2.08. The third-order valence-corrected chi connectivity index (χ3v) is 4.12. The van der Waals surface area contributed by atoms with E-state index in [1.807, 2.05) is 13.8 Å². The van der Waals surface area contributed by atoms with E-state index in [-0.39, 0.29) is 24.7 Å². The van der Waals surface area contributed by atoms with Gasteiger partial charge in [-0.15, -0.1) is 0 Å². The summed E-state index contributed by atoms with van der Waals surface area (Å²) in [5.74, 6) is -0.659. The number of rotatable bonds is 7. The van der Waals surface area contributed by atoms with Gasteiger partial charge < -0.3 is 10.4 Å². The first-order valence-electron chi connectivity index (χ1n) is 7.17. The Balaban J connectivity index is 2.93. The molecule has 1 heterocycles. The summed E-state index contributed by atoms with van der Waals surface area (Å²) in [6.45, 7) is 5.81. The van der Waals surface area contributed by atoms with E-state index in [1.54, 1.807) is 25.1 Å². The first-order chi connectivity index (χ1) is 10.8. The molecule has 0 radical (unpaired) electrons. The maximum atomic E-state index is 12.3. The van der Waals surface area contributed by atoms with Gasteiger partial charge in [0.25, 0.3) is 5.91 Å². The van der Waals surface area contributed by atoms with Gasteiger partial charge in [-0.05, 0) is 23.7 Å². The molecule has 0 saturated heterocycles. The highest BCUT2D eigenvalue weighted by Crippen LogP contribution is 2.18. The zero-order valence-electron chi connectivity index (χ0n) is 13.3. The van der Waals surface area contributed by atoms with Gasteiger partial charge >= 0.3 is 5.97 Å². The number of nitrogens with zero attached hydrogens (tertiary/aromatic N) is 2. The largest absolute Gasteiger partial charge is 0.481 e. The van der Waals surface area contributed by atoms with Crippen LogP contribution in [0.3, 0.4) is 0 Å². The number of carbonyl (C=O) groups excluding carboxylic acids is 1. The van der Waals surface area contributed by atoms with Gasteiger partial charge in [0.2, 0.25) is 0 Å². The molecule has 0 aliphatic carbocycles. The van der Waals surface area contributed by atoms with Gasteiger partial charge in [0.1, 0.15) is 12.1 Å². The van der Waals surface area contributed by atoms with Crippen LogP contribution < -0.4 is 5.32 Å². The smallest absolute Gasteiger partial charge is 0.303 e. The van der Waals surface area contributed by atoms with Gasteiger partial charge in [-0.3, -0.25) is 9.59 Å². The van der Waals surface area contributed by atoms with Crippen molar-refractivity contribution in [1.82, 2.24) is 9.97 Å². The zero-order valence-corrected chi connectivity index (χ0v) is 14.9. The van der Waals surface area contributed by atoms with E-state index in [4.69, 9.17) is 5.11 Å². The first-order valence-corrected chi connectivity index (χ1v) is 7.97. The lowest BCUT2D eigenvalue weighted by molar-refractivity contribution is -0.136. The number of anilines is 1. The fourth-order valence-corrected chi connectivity index (χ4v) is 1.74. The molecule has 1 aromatic heterocycles. The van der Waals surface area contributed by atoms with Crippen LogP contribution in [0.15, 0.2) is 34.6 Å². The molecule has 0 aliphatic rings. The predicted octanol–water partition coefficient (Wildman–Crippen LogP) is 3.45. The lowest BCUT2D eigenvalue weighted by Crippen LogP contribution is -2.16. The summed E-state index contributed by atoms with van der Waals surface area (Å²) in [4.78, 5) is 31.0. The summed E-state index contributed by atoms with van der Waals surface area (Å²) < 4.78 is 0.927. The van der Waals surface area contributed by atoms with Crippen LogP contribution in [0.4, 0.5) is 5.82 Å². The molecule has 0 aromatic carbocycles. The molecule has 0 bridgehead atoms. The number of nitrogens with one attached hydrogen (secondary N) is 1. The summed E-state index contributed by atoms with van der Waals surface area (Å²) in [6.07, 6.45) is 4.79. The molecule has 1 aromatic rings. The molecule has 6 nitrogen and oxygen atoms in total. The van der Waals surface area contributed by atoms with Crippen molar-refractivity contribution in [3.8, 4) is 0 Å². The molecule has 0 unspecified atom stereocenters. The van der Waals surface area contributed by atoms with Crippen molar-refractivity contribution in [2.24, 2.45) is 5.92 Å². The summed E-state index contributed by atoms with van der Waals surface area (Å²) >= 11 is 3.42. The standard InChI is InChI=1S/C16H20BrN3O3/c1-10(2)13(17)6-4-12(5-7-15(21)22)16(23)20-14-8-11(3)18-9-19-14/h4,6,8-10H,5,7H2,1-3H3,(H,21,22)(H,18,19,20,23). The second kappa shape index (κ2) is 9.19. The molecule has 1 amide bonds. The van der Waals surface area contributed by atoms with Gasteiger partial charge in [-0.25, -0.2) is 9.97 Å². The van der Waals surface area contributed by atoms with Crippen LogP contribution in [0.2, 0.25) is 0 Å². The predicted molar refractivity (Wildman–Crippen MR) is 92.2 cm³/mol. The van der Waals surface area contributed by atoms with Gasteiger partial charge in [0.05, 0.1) is 0 Å². The number of hydrogen-bond donors (Lipinski definition) is 2. The number of allylic oxidation sites excluding steroid dienone is 3. The van der Waals surface area contributed by atoms with Crippen molar-refractivity contribution in [2.75, 3.05) is 5.32 Å². The molecular weight excluding hydrogens is 362 g/mol. The van der Waals surface area contributed by atoms with Crippen LogP contribution in [0.5, 0.6) is 0 Å². The number of carboxylic acid groups (broad SMARTS) is 1. The van der Waals surface area contributed by atoms with E-state index in [2.05, 4.69) is 31.2 Å². The Kier molecular flexibility index (Phi) is 7.61. The fraction of sp³-hybridized carbons (Fsp3) is 0.375. The van der Waals surface area contributed by atoms with Gasteiger partial charge in [0.15, 0.2) is 0 Å². The minimum absolute atomic E-state index is 0.116. The molecule has 1 rings (SSSR count). The number of hydrogen-bond acceptors (Lipinski definition) is 4. The number of halogens is 1. The monoisotopic (exact) mass is 381 g/mol. The van der Waals surface area contributed by atoms with Crippen LogP contribution >= 0.6 is 15.9 Å². The molecule has 7 heteroatoms. The maximum Gasteiger partial charge on any atom is 0.303 e. The molecule has 0 saturated carbocycles. The van der Waals surface area contributed by atoms with Crippen molar-refractivity contribution >= 4 is 33.6 Å². The van der Waals surface area contributed by atoms with E-state index in [0.29, 0.717) is 11.4 Å². The Hall–Kier alpha value is -2.02. The first kappa shape index (κ1) is 19.0. The van der Waals surface area contributed by atoms with Gasteiger partial charge in [-0.1, -0.05) is 41.9 Å². The fourth-order valence-electron chi connectivity index (χ4n) is 1.61. The molecule has 0 atom stereocenters. The molecule has 2 N–H and O–H groups in total. The maximum absolute atomic E-state index is 12.3. The van der Waals surface area contributed by atoms with Crippen molar-refractivity contribution in [3.63, 3.8) is 0 Å². The van der Waals surface area contributed by atoms with E-state index in [1.165, 1.54) is 6.33 Å². The average Bonchev–Trinajstić information content (AvgIpc) is 2.46. The van der Waals surface area contributed by atoms with E-state index in [0.717, 1.165) is 10.2 Å². The minimum atomic E-state index is -0.950. The van der Waals surface area contributed by atoms with Crippen LogP contribution in [-0.4, -0.2) is 27.0 Å². The van der Waals surface area contributed by atoms with Crippen LogP contribution in [0.1, 0.15) is 32.4 Å². The number of carbonyl (C=O) groups is 2. The lowest BCUT2D eigenvalue weighted by atomic mass is 10.1. The topological polar surface area (TPSA) is 92.2 Å². The van der Waals surface area contributed by atoms with Crippen LogP contribution in [0.25, 0.3) is 0 Å². The Morgan fingerprint density at radius 1 is 1.30 bits per heavy atom. The normalized spacial score (nSPS) is 12.4. The molecule has 0 aliphatic heterocycles. The minimum Gasteiger partial charge on any atom is -0.481 e. The SMILES string of the molecule is Cc1cc(NC(=O)C(=CC=C(Br)C(C)C)CCC(=O)O)ncn1. The van der Waals surface area contributed by atoms with Crippen molar-refractivity contribution in [1.29, 1.82) is 0 Å². The van der Waals surface area contributed by atoms with E-state index in [9.17, 15) is 9.59 Å². The van der Waals surface area contributed by atoms with E-state index < -0.39 is 5.97 Å². The second-order valence-corrected chi connectivity index (χ2v) is 6.21. The highest BCUT2D eigenvalue weighted by molar-refractivity contribution is 9.11. The summed E-state index contributed by atoms with van der Waals surface area (Å²) in [6, 6.07) is 1.65. The summed E-state index contributed by atoms with van der Waals surface area (Å²) in [5, 5.41) is 11.5. The Morgan fingerprint density at radius 3 is 2.57 bits per heavy atom. The Bertz CT molecular complexity index is 639. The quantitative estimate of drug-likeness (QED) is 0.557. The molecule has 124 valence electrons. The number of aliphatic carboxylic acids is 1. The van der Waals surface area contributed by atoms with Crippen LogP contribution in [0, 0.1) is 12.8 Å². The van der Waals surface area contributed by atoms with Crippen LogP contribution in [-0.2, 0) is 9.59 Å². The molecule has 0 spiro atoms. The highest BCUT2D eigenvalue weighted by Gasteiger charge is 2.12. The number of aryl methyl sites for hydroxylation is 1. The van der Waals surface area contributed by atoms with E-state index >= 15 is 0 Å². The second-order valence-electron chi connectivity index (χ2n) is 5.29. The zero-order chi connectivity index (χ0) is 17.4. The number of aromatic nitrogens is 2. The molecule has 0 fully saturated rings. The Morgan fingerprint density at radius 2 is 2.00 bits per heavy atom. The van der Waals surface area contributed by atoms with Crippen molar-refractivity contribution < 1.29 is 14.7 Å². The number of carboxylic acids is 1. The van der Waals surface area contributed by atoms with Gasteiger partial charge in [0, 0.05) is 23.8 Å². The third kappa shape index (κ3) is 7.19. The van der Waals surface area contributed by atoms with Crippen molar-refractivity contribution in [2.45, 2.75) is 33.6 Å². The third-order valence-electron chi connectivity index (χ3n) is 2.94. The highest BCUT2D eigenvalue weighted by atomic mass is 79.9.